The highest BCUT2D eigenvalue weighted by atomic mass is 16.5. The molecule has 1 aliphatic rings. The number of benzene rings is 1. The Bertz CT molecular complexity index is 408. The highest BCUT2D eigenvalue weighted by Crippen LogP contribution is 2.25. The number of methoxy groups -OCH3 is 1. The summed E-state index contributed by atoms with van der Waals surface area (Å²) in [5.74, 6) is 0.994. The van der Waals surface area contributed by atoms with Crippen LogP contribution in [0.4, 0.5) is 0 Å². The van der Waals surface area contributed by atoms with Crippen molar-refractivity contribution in [3.8, 4) is 5.75 Å². The van der Waals surface area contributed by atoms with Gasteiger partial charge in [0, 0.05) is 24.2 Å². The van der Waals surface area contributed by atoms with Gasteiger partial charge in [0.15, 0.2) is 0 Å². The van der Waals surface area contributed by atoms with Gasteiger partial charge in [-0.2, -0.15) is 0 Å². The average molecular weight is 276 g/mol. The van der Waals surface area contributed by atoms with Crippen LogP contribution in [-0.2, 0) is 6.54 Å². The molecule has 112 valence electrons. The van der Waals surface area contributed by atoms with E-state index in [4.69, 9.17) is 4.74 Å². The maximum absolute atomic E-state index is 5.47. The molecule has 1 saturated carbocycles. The summed E-state index contributed by atoms with van der Waals surface area (Å²) in [7, 11) is 6.09. The molecule has 0 saturated heterocycles. The van der Waals surface area contributed by atoms with E-state index in [0.717, 1.165) is 12.3 Å². The van der Waals surface area contributed by atoms with Gasteiger partial charge in [-0.15, -0.1) is 0 Å². The summed E-state index contributed by atoms with van der Waals surface area (Å²) < 4.78 is 5.47. The molecule has 1 aromatic rings. The van der Waals surface area contributed by atoms with Crippen LogP contribution in [0.15, 0.2) is 24.3 Å². The summed E-state index contributed by atoms with van der Waals surface area (Å²) >= 11 is 0. The maximum Gasteiger partial charge on any atom is 0.123 e. The molecular weight excluding hydrogens is 248 g/mol. The Hall–Kier alpha value is -1.06. The van der Waals surface area contributed by atoms with Crippen LogP contribution < -0.4 is 10.1 Å². The lowest BCUT2D eigenvalue weighted by Crippen LogP contribution is -2.46. The van der Waals surface area contributed by atoms with E-state index in [-0.39, 0.29) is 0 Å². The van der Waals surface area contributed by atoms with Crippen LogP contribution in [-0.4, -0.2) is 38.2 Å². The first-order valence-corrected chi connectivity index (χ1v) is 7.75. The topological polar surface area (TPSA) is 24.5 Å². The van der Waals surface area contributed by atoms with Crippen LogP contribution in [0.25, 0.3) is 0 Å². The van der Waals surface area contributed by atoms with Gasteiger partial charge < -0.3 is 10.1 Å². The Balaban J connectivity index is 2.07. The normalized spacial score (nSPS) is 23.6. The predicted octanol–water partition coefficient (Wildman–Crippen LogP) is 3.05. The number of hydrogen-bond acceptors (Lipinski definition) is 3. The summed E-state index contributed by atoms with van der Waals surface area (Å²) in [6.45, 7) is 0.951. The van der Waals surface area contributed by atoms with Gasteiger partial charge in [0.05, 0.1) is 7.11 Å². The van der Waals surface area contributed by atoms with Gasteiger partial charge in [-0.3, -0.25) is 4.90 Å². The Kier molecular flexibility index (Phi) is 5.86. The lowest BCUT2D eigenvalue weighted by atomic mass is 10.0. The second kappa shape index (κ2) is 7.65. The molecule has 20 heavy (non-hydrogen) atoms. The summed E-state index contributed by atoms with van der Waals surface area (Å²) in [4.78, 5) is 2.49. The van der Waals surface area contributed by atoms with Crippen molar-refractivity contribution >= 4 is 0 Å². The largest absolute Gasteiger partial charge is 0.496 e. The smallest absolute Gasteiger partial charge is 0.123 e. The molecular formula is C17H28N2O. The van der Waals surface area contributed by atoms with Gasteiger partial charge in [-0.1, -0.05) is 37.5 Å². The molecule has 2 rings (SSSR count). The summed E-state index contributed by atoms with van der Waals surface area (Å²) in [5, 5.41) is 3.52. The highest BCUT2D eigenvalue weighted by molar-refractivity contribution is 5.33. The second-order valence-electron chi connectivity index (χ2n) is 5.83. The van der Waals surface area contributed by atoms with Gasteiger partial charge in [0.25, 0.3) is 0 Å². The minimum atomic E-state index is 0.609. The molecule has 3 heteroatoms. The van der Waals surface area contributed by atoms with E-state index in [1.54, 1.807) is 7.11 Å². The molecule has 0 aromatic heterocycles. The molecule has 0 heterocycles. The van der Waals surface area contributed by atoms with Crippen molar-refractivity contribution in [1.29, 1.82) is 0 Å². The molecule has 0 bridgehead atoms. The number of nitrogens with one attached hydrogen (secondary N) is 1. The highest BCUT2D eigenvalue weighted by Gasteiger charge is 2.26. The quantitative estimate of drug-likeness (QED) is 0.837. The molecule has 0 amide bonds. The zero-order valence-electron chi connectivity index (χ0n) is 13.1. The third-order valence-electron chi connectivity index (χ3n) is 4.53. The SMILES string of the molecule is CNC1CCCCCC1N(C)Cc1ccccc1OC. The van der Waals surface area contributed by atoms with Crippen molar-refractivity contribution in [2.75, 3.05) is 21.2 Å². The lowest BCUT2D eigenvalue weighted by molar-refractivity contribution is 0.177. The fraction of sp³-hybridized carbons (Fsp3) is 0.647. The fourth-order valence-electron chi connectivity index (χ4n) is 3.37. The zero-order valence-corrected chi connectivity index (χ0v) is 13.1. The van der Waals surface area contributed by atoms with Gasteiger partial charge in [-0.05, 0) is 33.0 Å². The van der Waals surface area contributed by atoms with E-state index in [9.17, 15) is 0 Å². The van der Waals surface area contributed by atoms with Crippen molar-refractivity contribution in [1.82, 2.24) is 10.2 Å². The van der Waals surface area contributed by atoms with Crippen molar-refractivity contribution in [3.05, 3.63) is 29.8 Å². The zero-order chi connectivity index (χ0) is 14.4. The molecule has 0 radical (unpaired) electrons. The van der Waals surface area contributed by atoms with E-state index < -0.39 is 0 Å². The fourth-order valence-corrected chi connectivity index (χ4v) is 3.37. The molecule has 1 fully saturated rings. The summed E-state index contributed by atoms with van der Waals surface area (Å²) in [6, 6.07) is 9.56. The Morgan fingerprint density at radius 2 is 1.95 bits per heavy atom. The van der Waals surface area contributed by atoms with Crippen LogP contribution in [0.2, 0.25) is 0 Å². The third kappa shape index (κ3) is 3.74. The van der Waals surface area contributed by atoms with Gasteiger partial charge in [0.1, 0.15) is 5.75 Å². The first-order chi connectivity index (χ1) is 9.76. The number of rotatable bonds is 5. The van der Waals surface area contributed by atoms with Crippen LogP contribution in [0.5, 0.6) is 5.75 Å². The Labute approximate surface area is 123 Å². The molecule has 1 aromatic carbocycles. The lowest BCUT2D eigenvalue weighted by Gasteiger charge is -2.33. The molecule has 0 aliphatic heterocycles. The van der Waals surface area contributed by atoms with Crippen molar-refractivity contribution in [2.45, 2.75) is 50.7 Å². The number of hydrogen-bond donors (Lipinski definition) is 1. The van der Waals surface area contributed by atoms with Crippen LogP contribution >= 0.6 is 0 Å². The second-order valence-corrected chi connectivity index (χ2v) is 5.83. The van der Waals surface area contributed by atoms with Crippen LogP contribution in [0.1, 0.15) is 37.7 Å². The van der Waals surface area contributed by atoms with E-state index in [0.29, 0.717) is 12.1 Å². The van der Waals surface area contributed by atoms with Crippen molar-refractivity contribution < 1.29 is 4.74 Å². The molecule has 1 aliphatic carbocycles. The first kappa shape index (κ1) is 15.3. The molecule has 0 spiro atoms. The maximum atomic E-state index is 5.47. The minimum Gasteiger partial charge on any atom is -0.496 e. The van der Waals surface area contributed by atoms with E-state index in [1.165, 1.54) is 37.7 Å². The number of para-hydroxylation sites is 1. The average Bonchev–Trinajstić information content (AvgIpc) is 2.73. The molecule has 3 nitrogen and oxygen atoms in total. The van der Waals surface area contributed by atoms with Gasteiger partial charge in [-0.25, -0.2) is 0 Å². The minimum absolute atomic E-state index is 0.609. The molecule has 2 unspecified atom stereocenters. The third-order valence-corrected chi connectivity index (χ3v) is 4.53. The monoisotopic (exact) mass is 276 g/mol. The van der Waals surface area contributed by atoms with Gasteiger partial charge in [0.2, 0.25) is 0 Å². The molecule has 1 N–H and O–H groups in total. The standard InChI is InChI=1S/C17H28N2O/c1-18-15-10-5-4-6-11-16(15)19(2)13-14-9-7-8-12-17(14)20-3/h7-9,12,15-16,18H,4-6,10-11,13H2,1-3H3. The van der Waals surface area contributed by atoms with E-state index in [2.05, 4.69) is 36.4 Å². The van der Waals surface area contributed by atoms with Gasteiger partial charge >= 0.3 is 0 Å². The Morgan fingerprint density at radius 1 is 1.20 bits per heavy atom. The van der Waals surface area contributed by atoms with Crippen LogP contribution in [0, 0.1) is 0 Å². The number of nitrogens with zero attached hydrogens (tertiary/aromatic N) is 1. The summed E-state index contributed by atoms with van der Waals surface area (Å²) in [5.41, 5.74) is 1.27. The van der Waals surface area contributed by atoms with Crippen molar-refractivity contribution in [3.63, 3.8) is 0 Å². The predicted molar refractivity (Wildman–Crippen MR) is 84.2 cm³/mol. The number of ether oxygens (including phenoxy) is 1. The Morgan fingerprint density at radius 3 is 2.70 bits per heavy atom. The molecule has 2 atom stereocenters. The van der Waals surface area contributed by atoms with E-state index in [1.807, 2.05) is 12.1 Å². The van der Waals surface area contributed by atoms with Crippen molar-refractivity contribution in [2.24, 2.45) is 0 Å². The summed E-state index contributed by atoms with van der Waals surface area (Å²) in [6.07, 6.45) is 6.65. The number of likely N-dealkylation sites (N-methyl/N-ethyl adjacent to an activating group) is 2. The van der Waals surface area contributed by atoms with Crippen LogP contribution in [0.3, 0.4) is 0 Å². The first-order valence-electron chi connectivity index (χ1n) is 7.75. The van der Waals surface area contributed by atoms with E-state index >= 15 is 0 Å².